The Bertz CT molecular complexity index is 444. The predicted molar refractivity (Wildman–Crippen MR) is 62.4 cm³/mol. The summed E-state index contributed by atoms with van der Waals surface area (Å²) in [6.45, 7) is 0. The molecule has 0 radical (unpaired) electrons. The molecule has 2 nitrogen and oxygen atoms in total. The third-order valence-corrected chi connectivity index (χ3v) is 3.96. The van der Waals surface area contributed by atoms with E-state index in [4.69, 9.17) is 28.3 Å². The average molecular weight is 328 g/mol. The number of carboxylic acids is 1. The third-order valence-electron chi connectivity index (χ3n) is 2.56. The van der Waals surface area contributed by atoms with Crippen LogP contribution in [-0.2, 0) is 4.79 Å². The van der Waals surface area contributed by atoms with E-state index in [9.17, 15) is 9.18 Å². The van der Waals surface area contributed by atoms with Crippen LogP contribution in [0.2, 0.25) is 0 Å². The quantitative estimate of drug-likeness (QED) is 0.843. The highest BCUT2D eigenvalue weighted by Gasteiger charge is 2.68. The van der Waals surface area contributed by atoms with Crippen molar-refractivity contribution in [2.45, 2.75) is 10.3 Å². The molecule has 2 unspecified atom stereocenters. The standard InChI is InChI=1S/C10H6BrCl2FO2/c11-5-1-4(2-6(14)3-5)7-8(9(15)16)10(7,12)13/h1-3,7-8H,(H,15,16). The van der Waals surface area contributed by atoms with E-state index in [1.165, 1.54) is 12.1 Å². The van der Waals surface area contributed by atoms with Gasteiger partial charge in [0.25, 0.3) is 0 Å². The van der Waals surface area contributed by atoms with Crippen molar-refractivity contribution in [3.8, 4) is 0 Å². The first-order chi connectivity index (χ1) is 7.34. The molecule has 1 saturated carbocycles. The molecule has 0 saturated heterocycles. The molecule has 0 heterocycles. The summed E-state index contributed by atoms with van der Waals surface area (Å²) in [5, 5.41) is 8.88. The van der Waals surface area contributed by atoms with Gasteiger partial charge in [-0.05, 0) is 23.8 Å². The predicted octanol–water partition coefficient (Wildman–Crippen LogP) is 3.56. The van der Waals surface area contributed by atoms with Crippen molar-refractivity contribution in [1.82, 2.24) is 0 Å². The summed E-state index contributed by atoms with van der Waals surface area (Å²) in [7, 11) is 0. The SMILES string of the molecule is O=C(O)C1C(c2cc(F)cc(Br)c2)C1(Cl)Cl. The summed E-state index contributed by atoms with van der Waals surface area (Å²) in [6.07, 6.45) is 0. The number of carboxylic acid groups (broad SMARTS) is 1. The van der Waals surface area contributed by atoms with Crippen LogP contribution in [0.4, 0.5) is 4.39 Å². The molecule has 0 spiro atoms. The highest BCUT2D eigenvalue weighted by molar-refractivity contribution is 9.10. The van der Waals surface area contributed by atoms with E-state index in [1.54, 1.807) is 6.07 Å². The van der Waals surface area contributed by atoms with Gasteiger partial charge in [-0.3, -0.25) is 4.79 Å². The Hall–Kier alpha value is -0.320. The molecule has 16 heavy (non-hydrogen) atoms. The molecule has 1 aliphatic carbocycles. The lowest BCUT2D eigenvalue weighted by molar-refractivity contribution is -0.138. The molecule has 0 aliphatic heterocycles. The van der Waals surface area contributed by atoms with E-state index >= 15 is 0 Å². The van der Waals surface area contributed by atoms with Gasteiger partial charge in [0, 0.05) is 10.4 Å². The first kappa shape index (κ1) is 12.1. The molecule has 1 aliphatic rings. The smallest absolute Gasteiger partial charge is 0.310 e. The normalized spacial score (nSPS) is 26.5. The zero-order chi connectivity index (χ0) is 12.1. The van der Waals surface area contributed by atoms with Crippen LogP contribution in [0.15, 0.2) is 22.7 Å². The van der Waals surface area contributed by atoms with Crippen LogP contribution in [0, 0.1) is 11.7 Å². The van der Waals surface area contributed by atoms with Crippen molar-refractivity contribution in [3.63, 3.8) is 0 Å². The topological polar surface area (TPSA) is 37.3 Å². The maximum Gasteiger partial charge on any atom is 0.310 e. The summed E-state index contributed by atoms with van der Waals surface area (Å²) in [5.41, 5.74) is 0.490. The minimum absolute atomic E-state index is 0.454. The minimum atomic E-state index is -1.35. The maximum atomic E-state index is 13.1. The second-order valence-corrected chi connectivity index (χ2v) is 6.03. The fraction of sp³-hybridized carbons (Fsp3) is 0.300. The number of aliphatic carboxylic acids is 1. The van der Waals surface area contributed by atoms with E-state index in [1.807, 2.05) is 0 Å². The van der Waals surface area contributed by atoms with Crippen LogP contribution in [0.3, 0.4) is 0 Å². The molecule has 0 aromatic heterocycles. The largest absolute Gasteiger partial charge is 0.481 e. The van der Waals surface area contributed by atoms with Crippen LogP contribution >= 0.6 is 39.1 Å². The van der Waals surface area contributed by atoms with Crippen molar-refractivity contribution in [2.75, 3.05) is 0 Å². The first-order valence-electron chi connectivity index (χ1n) is 4.40. The van der Waals surface area contributed by atoms with Gasteiger partial charge >= 0.3 is 5.97 Å². The number of halogens is 4. The number of alkyl halides is 2. The van der Waals surface area contributed by atoms with Crippen molar-refractivity contribution in [3.05, 3.63) is 34.1 Å². The number of benzene rings is 1. The molecule has 1 fully saturated rings. The molecular formula is C10H6BrCl2FO2. The minimum Gasteiger partial charge on any atom is -0.481 e. The van der Waals surface area contributed by atoms with Crippen LogP contribution in [0.25, 0.3) is 0 Å². The molecule has 1 aromatic carbocycles. The van der Waals surface area contributed by atoms with Crippen molar-refractivity contribution >= 4 is 45.1 Å². The number of hydrogen-bond acceptors (Lipinski definition) is 1. The Morgan fingerprint density at radius 1 is 1.44 bits per heavy atom. The molecule has 86 valence electrons. The summed E-state index contributed by atoms with van der Waals surface area (Å²) >= 11 is 14.8. The molecule has 6 heteroatoms. The fourth-order valence-electron chi connectivity index (χ4n) is 1.80. The molecule has 1 N–H and O–H groups in total. The van der Waals surface area contributed by atoms with Crippen molar-refractivity contribution in [2.24, 2.45) is 5.92 Å². The summed E-state index contributed by atoms with van der Waals surface area (Å²) in [5.74, 6) is -2.98. The van der Waals surface area contributed by atoms with Crippen molar-refractivity contribution < 1.29 is 14.3 Å². The van der Waals surface area contributed by atoms with Crippen LogP contribution in [-0.4, -0.2) is 15.4 Å². The second-order valence-electron chi connectivity index (χ2n) is 3.67. The van der Waals surface area contributed by atoms with E-state index < -0.39 is 28.0 Å². The van der Waals surface area contributed by atoms with Crippen molar-refractivity contribution in [1.29, 1.82) is 0 Å². The molecule has 2 rings (SSSR count). The first-order valence-corrected chi connectivity index (χ1v) is 5.95. The highest BCUT2D eigenvalue weighted by atomic mass is 79.9. The van der Waals surface area contributed by atoms with Gasteiger partial charge < -0.3 is 5.11 Å². The lowest BCUT2D eigenvalue weighted by Crippen LogP contribution is -2.03. The van der Waals surface area contributed by atoms with Gasteiger partial charge in [0.15, 0.2) is 0 Å². The lowest BCUT2D eigenvalue weighted by Gasteiger charge is -2.01. The number of carbonyl (C=O) groups is 1. The van der Waals surface area contributed by atoms with Gasteiger partial charge in [-0.1, -0.05) is 39.1 Å². The highest BCUT2D eigenvalue weighted by Crippen LogP contribution is 2.65. The van der Waals surface area contributed by atoms with Gasteiger partial charge in [-0.25, -0.2) is 4.39 Å². The fourth-order valence-corrected chi connectivity index (χ4v) is 3.10. The van der Waals surface area contributed by atoms with E-state index in [-0.39, 0.29) is 0 Å². The lowest BCUT2D eigenvalue weighted by atomic mass is 10.1. The summed E-state index contributed by atoms with van der Waals surface area (Å²) in [4.78, 5) is 10.9. The summed E-state index contributed by atoms with van der Waals surface area (Å²) < 4.78 is 12.3. The third kappa shape index (κ3) is 1.94. The Balaban J connectivity index is 2.37. The Morgan fingerprint density at radius 3 is 2.50 bits per heavy atom. The zero-order valence-corrected chi connectivity index (χ0v) is 10.9. The monoisotopic (exact) mass is 326 g/mol. The molecular weight excluding hydrogens is 322 g/mol. The zero-order valence-electron chi connectivity index (χ0n) is 7.75. The van der Waals surface area contributed by atoms with E-state index in [2.05, 4.69) is 15.9 Å². The van der Waals surface area contributed by atoms with E-state index in [0.29, 0.717) is 10.0 Å². The van der Waals surface area contributed by atoms with Gasteiger partial charge in [0.1, 0.15) is 10.2 Å². The molecule has 1 aromatic rings. The Labute approximate surface area is 109 Å². The van der Waals surface area contributed by atoms with Gasteiger partial charge in [-0.15, -0.1) is 0 Å². The van der Waals surface area contributed by atoms with E-state index in [0.717, 1.165) is 0 Å². The van der Waals surface area contributed by atoms with Gasteiger partial charge in [0.2, 0.25) is 0 Å². The summed E-state index contributed by atoms with van der Waals surface area (Å²) in [6, 6.07) is 4.15. The van der Waals surface area contributed by atoms with Crippen LogP contribution in [0.5, 0.6) is 0 Å². The van der Waals surface area contributed by atoms with Gasteiger partial charge in [0.05, 0.1) is 5.92 Å². The Kier molecular flexibility index (Phi) is 2.93. The molecule has 0 amide bonds. The van der Waals surface area contributed by atoms with Crippen LogP contribution in [0.1, 0.15) is 11.5 Å². The molecule has 2 atom stereocenters. The second kappa shape index (κ2) is 3.86. The number of hydrogen-bond donors (Lipinski definition) is 1. The Morgan fingerprint density at radius 2 is 2.06 bits per heavy atom. The van der Waals surface area contributed by atoms with Gasteiger partial charge in [-0.2, -0.15) is 0 Å². The maximum absolute atomic E-state index is 13.1. The molecule has 0 bridgehead atoms. The number of rotatable bonds is 2. The average Bonchev–Trinajstić information content (AvgIpc) is 2.67. The van der Waals surface area contributed by atoms with Crippen LogP contribution < -0.4 is 0 Å².